The van der Waals surface area contributed by atoms with Crippen molar-refractivity contribution in [2.24, 2.45) is 5.92 Å². The number of hydrogen-bond acceptors (Lipinski definition) is 4. The van der Waals surface area contributed by atoms with Crippen LogP contribution in [0.1, 0.15) is 94.6 Å². The van der Waals surface area contributed by atoms with Gasteiger partial charge in [0.2, 0.25) is 0 Å². The molecule has 1 amide bonds. The third kappa shape index (κ3) is 7.64. The second kappa shape index (κ2) is 15.0. The first-order valence-corrected chi connectivity index (χ1v) is 17.2. The molecule has 0 bridgehead atoms. The number of amides is 1. The van der Waals surface area contributed by atoms with Crippen molar-refractivity contribution < 1.29 is 14.6 Å². The molecule has 1 saturated heterocycles. The Balaban J connectivity index is 1.02. The van der Waals surface area contributed by atoms with Gasteiger partial charge in [-0.15, -0.1) is 0 Å². The van der Waals surface area contributed by atoms with E-state index in [4.69, 9.17) is 4.74 Å². The number of aromatic hydroxyl groups is 1. The van der Waals surface area contributed by atoms with Gasteiger partial charge in [0.25, 0.3) is 5.91 Å². The maximum Gasteiger partial charge on any atom is 0.251 e. The number of fused-ring (bicyclic) bond motifs is 1. The highest BCUT2D eigenvalue weighted by Gasteiger charge is 2.27. The fourth-order valence-electron chi connectivity index (χ4n) is 7.69. The Morgan fingerprint density at radius 3 is 2.59 bits per heavy atom. The fraction of sp³-hybridized carbons (Fsp3) is 0.390. The molecule has 2 heterocycles. The summed E-state index contributed by atoms with van der Waals surface area (Å²) in [6, 6.07) is 31.6. The van der Waals surface area contributed by atoms with Crippen LogP contribution in [-0.4, -0.2) is 42.2 Å². The Labute approximate surface area is 274 Å². The first-order chi connectivity index (χ1) is 22.5. The summed E-state index contributed by atoms with van der Waals surface area (Å²) in [7, 11) is 0. The molecule has 0 radical (unpaired) electrons. The summed E-state index contributed by atoms with van der Waals surface area (Å²) >= 11 is 0. The number of phenolic OH excluding ortho intramolecular Hbond substituents is 1. The lowest BCUT2D eigenvalue weighted by Gasteiger charge is -2.32. The van der Waals surface area contributed by atoms with Crippen LogP contribution >= 0.6 is 0 Å². The van der Waals surface area contributed by atoms with Crippen LogP contribution in [0, 0.1) is 12.8 Å². The van der Waals surface area contributed by atoms with Crippen molar-refractivity contribution in [1.29, 1.82) is 0 Å². The van der Waals surface area contributed by atoms with E-state index in [9.17, 15) is 9.90 Å². The van der Waals surface area contributed by atoms with Gasteiger partial charge in [0.1, 0.15) is 18.1 Å². The van der Waals surface area contributed by atoms with Gasteiger partial charge in [0.05, 0.1) is 0 Å². The molecule has 4 aromatic carbocycles. The van der Waals surface area contributed by atoms with Gasteiger partial charge in [-0.05, 0) is 128 Å². The van der Waals surface area contributed by atoms with Crippen molar-refractivity contribution >= 4 is 5.91 Å². The maximum absolute atomic E-state index is 11.8. The van der Waals surface area contributed by atoms with Crippen molar-refractivity contribution in [2.75, 3.05) is 26.2 Å². The van der Waals surface area contributed by atoms with Crippen molar-refractivity contribution in [2.45, 2.75) is 70.8 Å². The molecule has 6 rings (SSSR count). The van der Waals surface area contributed by atoms with Gasteiger partial charge >= 0.3 is 0 Å². The molecule has 5 heteroatoms. The first kappa shape index (κ1) is 31.9. The van der Waals surface area contributed by atoms with E-state index < -0.39 is 0 Å². The van der Waals surface area contributed by atoms with Crippen LogP contribution in [0.4, 0.5) is 0 Å². The SMILES string of the molecule is CCC(c1ccccc1)C(c1ccc(OCCN2CCCC(CCCc3ccc4c(c3)CNC4=O)C2)cc1)c1ccc(O)cc1C. The average Bonchev–Trinajstić information content (AvgIpc) is 3.44. The smallest absolute Gasteiger partial charge is 0.251 e. The number of benzene rings is 4. The fourth-order valence-corrected chi connectivity index (χ4v) is 7.69. The van der Waals surface area contributed by atoms with Crippen LogP contribution in [0.15, 0.2) is 91.0 Å². The Morgan fingerprint density at radius 2 is 1.80 bits per heavy atom. The van der Waals surface area contributed by atoms with Crippen LogP contribution in [0.2, 0.25) is 0 Å². The zero-order valence-corrected chi connectivity index (χ0v) is 27.4. The van der Waals surface area contributed by atoms with E-state index in [1.165, 1.54) is 47.9 Å². The Morgan fingerprint density at radius 1 is 0.978 bits per heavy atom. The summed E-state index contributed by atoms with van der Waals surface area (Å²) < 4.78 is 6.27. The number of carbonyl (C=O) groups excluding carboxylic acids is 1. The number of nitrogens with zero attached hydrogens (tertiary/aromatic N) is 1. The van der Waals surface area contributed by atoms with E-state index in [1.807, 2.05) is 18.2 Å². The summed E-state index contributed by atoms with van der Waals surface area (Å²) in [4.78, 5) is 14.4. The molecular formula is C41H48N2O3. The molecule has 0 aromatic heterocycles. The summed E-state index contributed by atoms with van der Waals surface area (Å²) in [5.74, 6) is 2.52. The molecule has 2 aliphatic heterocycles. The molecule has 3 atom stereocenters. The van der Waals surface area contributed by atoms with Gasteiger partial charge in [0.15, 0.2) is 0 Å². The van der Waals surface area contributed by atoms with Gasteiger partial charge in [-0.2, -0.15) is 0 Å². The standard InChI is InChI=1S/C41H48N2O3/c1-3-37(32-12-5-4-6-13-32)40(38-21-17-35(44)25-29(38)2)33-15-18-36(19-16-33)46-24-23-43-22-8-11-31(28-43)10-7-9-30-14-20-39-34(26-30)27-42-41(39)45/h4-6,12-21,25-26,31,37,40,44H,3,7-11,22-24,27-28H2,1-2H3,(H,42,45). The lowest BCUT2D eigenvalue weighted by atomic mass is 9.74. The quantitative estimate of drug-likeness (QED) is 0.158. The van der Waals surface area contributed by atoms with E-state index in [2.05, 4.69) is 96.9 Å². The Kier molecular flexibility index (Phi) is 10.4. The third-order valence-electron chi connectivity index (χ3n) is 10.1. The van der Waals surface area contributed by atoms with Crippen LogP contribution in [0.3, 0.4) is 0 Å². The minimum Gasteiger partial charge on any atom is -0.508 e. The van der Waals surface area contributed by atoms with E-state index in [0.717, 1.165) is 60.8 Å². The Bertz CT molecular complexity index is 1600. The average molecular weight is 617 g/mol. The van der Waals surface area contributed by atoms with Crippen molar-refractivity contribution in [3.8, 4) is 11.5 Å². The normalized spacial score (nSPS) is 17.7. The minimum absolute atomic E-state index is 0.0584. The first-order valence-electron chi connectivity index (χ1n) is 17.2. The topological polar surface area (TPSA) is 61.8 Å². The number of aryl methyl sites for hydroxylation is 2. The second-order valence-corrected chi connectivity index (χ2v) is 13.2. The number of carbonyl (C=O) groups is 1. The van der Waals surface area contributed by atoms with Gasteiger partial charge in [-0.25, -0.2) is 0 Å². The highest BCUT2D eigenvalue weighted by Crippen LogP contribution is 2.42. The van der Waals surface area contributed by atoms with Gasteiger partial charge in [-0.1, -0.05) is 67.6 Å². The number of piperidine rings is 1. The molecule has 1 fully saturated rings. The lowest BCUT2D eigenvalue weighted by molar-refractivity contribution is 0.0965. The van der Waals surface area contributed by atoms with Crippen molar-refractivity contribution in [3.05, 3.63) is 130 Å². The molecule has 2 N–H and O–H groups in total. The summed E-state index contributed by atoms with van der Waals surface area (Å²) in [5.41, 5.74) is 8.29. The number of nitrogens with one attached hydrogen (secondary N) is 1. The molecule has 0 spiro atoms. The number of ether oxygens (including phenoxy) is 1. The molecular weight excluding hydrogens is 568 g/mol. The minimum atomic E-state index is 0.0584. The van der Waals surface area contributed by atoms with Gasteiger partial charge in [0, 0.05) is 31.1 Å². The van der Waals surface area contributed by atoms with Crippen LogP contribution in [0.5, 0.6) is 11.5 Å². The highest BCUT2D eigenvalue weighted by atomic mass is 16.5. The molecule has 0 aliphatic carbocycles. The van der Waals surface area contributed by atoms with Gasteiger partial charge in [-0.3, -0.25) is 9.69 Å². The molecule has 2 aliphatic rings. The van der Waals surface area contributed by atoms with Crippen molar-refractivity contribution in [1.82, 2.24) is 10.2 Å². The van der Waals surface area contributed by atoms with Crippen LogP contribution in [0.25, 0.3) is 0 Å². The highest BCUT2D eigenvalue weighted by molar-refractivity contribution is 5.98. The van der Waals surface area contributed by atoms with E-state index >= 15 is 0 Å². The molecule has 0 saturated carbocycles. The molecule has 240 valence electrons. The zero-order chi connectivity index (χ0) is 31.9. The molecule has 5 nitrogen and oxygen atoms in total. The monoisotopic (exact) mass is 616 g/mol. The number of rotatable bonds is 13. The summed E-state index contributed by atoms with van der Waals surface area (Å²) in [6.45, 7) is 8.96. The number of phenols is 1. The molecule has 4 aromatic rings. The largest absolute Gasteiger partial charge is 0.508 e. The molecule has 46 heavy (non-hydrogen) atoms. The second-order valence-electron chi connectivity index (χ2n) is 13.2. The van der Waals surface area contributed by atoms with E-state index in [1.54, 1.807) is 0 Å². The van der Waals surface area contributed by atoms with E-state index in [0.29, 0.717) is 24.8 Å². The summed E-state index contributed by atoms with van der Waals surface area (Å²) in [6.07, 6.45) is 7.09. The number of hydrogen-bond donors (Lipinski definition) is 2. The third-order valence-corrected chi connectivity index (χ3v) is 10.1. The maximum atomic E-state index is 11.8. The predicted octanol–water partition coefficient (Wildman–Crippen LogP) is 8.38. The van der Waals surface area contributed by atoms with Crippen LogP contribution < -0.4 is 10.1 Å². The van der Waals surface area contributed by atoms with Gasteiger partial charge < -0.3 is 15.2 Å². The van der Waals surface area contributed by atoms with Crippen molar-refractivity contribution in [3.63, 3.8) is 0 Å². The van der Waals surface area contributed by atoms with Crippen LogP contribution in [-0.2, 0) is 13.0 Å². The summed E-state index contributed by atoms with van der Waals surface area (Å²) in [5, 5.41) is 13.0. The molecule has 3 unspecified atom stereocenters. The van der Waals surface area contributed by atoms with E-state index in [-0.39, 0.29) is 11.8 Å². The zero-order valence-electron chi connectivity index (χ0n) is 27.4. The lowest BCUT2D eigenvalue weighted by Crippen LogP contribution is -2.38. The number of likely N-dealkylation sites (tertiary alicyclic amines) is 1. The Hall–Kier alpha value is -4.09. The predicted molar refractivity (Wildman–Crippen MR) is 186 cm³/mol.